The van der Waals surface area contributed by atoms with Crippen molar-refractivity contribution in [1.82, 2.24) is 10.2 Å². The molecule has 0 aliphatic carbocycles. The van der Waals surface area contributed by atoms with Crippen LogP contribution in [0.15, 0.2) is 30.3 Å². The molecule has 2 N–H and O–H groups in total. The normalized spacial score (nSPS) is 19.0. The van der Waals surface area contributed by atoms with Crippen molar-refractivity contribution in [2.75, 3.05) is 26.2 Å². The molecule has 1 aliphatic heterocycles. The van der Waals surface area contributed by atoms with Gasteiger partial charge in [-0.15, -0.1) is 0 Å². The van der Waals surface area contributed by atoms with E-state index in [-0.39, 0.29) is 12.3 Å². The lowest BCUT2D eigenvalue weighted by Gasteiger charge is -2.34. The molecule has 114 valence electrons. The van der Waals surface area contributed by atoms with Crippen molar-refractivity contribution in [3.8, 4) is 5.75 Å². The molecule has 1 unspecified atom stereocenters. The third-order valence-corrected chi connectivity index (χ3v) is 3.41. The first-order valence-electron chi connectivity index (χ1n) is 7.08. The topological polar surface area (TPSA) is 78.9 Å². The van der Waals surface area contributed by atoms with E-state index in [1.54, 1.807) is 0 Å². The van der Waals surface area contributed by atoms with Gasteiger partial charge in [0, 0.05) is 19.6 Å². The summed E-state index contributed by atoms with van der Waals surface area (Å²) in [4.78, 5) is 24.5. The van der Waals surface area contributed by atoms with Crippen LogP contribution in [0, 0.1) is 0 Å². The van der Waals surface area contributed by atoms with Crippen LogP contribution in [0.1, 0.15) is 12.8 Å². The van der Waals surface area contributed by atoms with Crippen LogP contribution in [-0.2, 0) is 9.59 Å². The van der Waals surface area contributed by atoms with E-state index >= 15 is 0 Å². The van der Waals surface area contributed by atoms with Crippen LogP contribution in [-0.4, -0.2) is 54.2 Å². The Hall–Kier alpha value is -2.08. The zero-order valence-electron chi connectivity index (χ0n) is 11.8. The number of nitrogens with one attached hydrogen (secondary N) is 1. The predicted octanol–water partition coefficient (Wildman–Crippen LogP) is 0.731. The number of ether oxygens (including phenoxy) is 1. The fourth-order valence-electron chi connectivity index (χ4n) is 2.39. The smallest absolute Gasteiger partial charge is 0.305 e. The van der Waals surface area contributed by atoms with Crippen molar-refractivity contribution in [3.05, 3.63) is 30.3 Å². The zero-order valence-corrected chi connectivity index (χ0v) is 11.8. The number of carbonyl (C=O) groups is 2. The average molecular weight is 292 g/mol. The van der Waals surface area contributed by atoms with Crippen molar-refractivity contribution in [2.24, 2.45) is 0 Å². The van der Waals surface area contributed by atoms with Gasteiger partial charge in [0.15, 0.2) is 0 Å². The molecule has 0 bridgehead atoms. The minimum Gasteiger partial charge on any atom is -0.494 e. The molecule has 6 nitrogen and oxygen atoms in total. The first kappa shape index (κ1) is 15.3. The molecule has 1 fully saturated rings. The van der Waals surface area contributed by atoms with Gasteiger partial charge in [0.1, 0.15) is 5.75 Å². The summed E-state index contributed by atoms with van der Waals surface area (Å²) in [7, 11) is 0. The lowest BCUT2D eigenvalue weighted by atomic mass is 10.1. The molecule has 0 spiro atoms. The van der Waals surface area contributed by atoms with Gasteiger partial charge in [-0.25, -0.2) is 0 Å². The summed E-state index contributed by atoms with van der Waals surface area (Å²) >= 11 is 0. The van der Waals surface area contributed by atoms with Crippen molar-refractivity contribution >= 4 is 11.9 Å². The Morgan fingerprint density at radius 1 is 1.38 bits per heavy atom. The number of carboxylic acids is 1. The first-order valence-corrected chi connectivity index (χ1v) is 7.08. The van der Waals surface area contributed by atoms with Gasteiger partial charge < -0.3 is 15.2 Å². The Balaban J connectivity index is 1.77. The standard InChI is InChI=1S/C15H20N2O4/c18-14(19)11-13-15(20)16-7-9-17(13)8-4-10-21-12-5-2-1-3-6-12/h1-3,5-6,13H,4,7-11H2,(H,16,20)(H,18,19). The number of piperazine rings is 1. The largest absolute Gasteiger partial charge is 0.494 e. The molecule has 0 radical (unpaired) electrons. The van der Waals surface area contributed by atoms with Gasteiger partial charge in [-0.05, 0) is 18.6 Å². The number of rotatable bonds is 7. The molecule has 2 rings (SSSR count). The Bertz CT molecular complexity index is 478. The summed E-state index contributed by atoms with van der Waals surface area (Å²) in [6.45, 7) is 2.43. The van der Waals surface area contributed by atoms with E-state index in [1.165, 1.54) is 0 Å². The number of carbonyl (C=O) groups excluding carboxylic acids is 1. The molecule has 0 aromatic heterocycles. The number of benzene rings is 1. The van der Waals surface area contributed by atoms with E-state index in [1.807, 2.05) is 35.2 Å². The number of aliphatic carboxylic acids is 1. The molecule has 0 saturated carbocycles. The third-order valence-electron chi connectivity index (χ3n) is 3.41. The van der Waals surface area contributed by atoms with Crippen molar-refractivity contribution in [2.45, 2.75) is 18.9 Å². The molecule has 1 saturated heterocycles. The number of para-hydroxylation sites is 1. The fourth-order valence-corrected chi connectivity index (χ4v) is 2.39. The Morgan fingerprint density at radius 3 is 2.86 bits per heavy atom. The third kappa shape index (κ3) is 4.75. The second kappa shape index (κ2) is 7.64. The average Bonchev–Trinajstić information content (AvgIpc) is 2.47. The van der Waals surface area contributed by atoms with Gasteiger partial charge in [-0.2, -0.15) is 0 Å². The summed E-state index contributed by atoms with van der Waals surface area (Å²) in [5.74, 6) is -0.341. The lowest BCUT2D eigenvalue weighted by molar-refractivity contribution is -0.143. The van der Waals surface area contributed by atoms with Crippen LogP contribution >= 0.6 is 0 Å². The Kier molecular flexibility index (Phi) is 5.57. The van der Waals surface area contributed by atoms with Crippen LogP contribution in [0.4, 0.5) is 0 Å². The van der Waals surface area contributed by atoms with E-state index in [9.17, 15) is 9.59 Å². The highest BCUT2D eigenvalue weighted by Gasteiger charge is 2.30. The van der Waals surface area contributed by atoms with E-state index < -0.39 is 12.0 Å². The fraction of sp³-hybridized carbons (Fsp3) is 0.467. The molecule has 1 heterocycles. The van der Waals surface area contributed by atoms with E-state index in [2.05, 4.69) is 5.32 Å². The quantitative estimate of drug-likeness (QED) is 0.724. The minimum atomic E-state index is -0.956. The van der Waals surface area contributed by atoms with Gasteiger partial charge >= 0.3 is 5.97 Å². The maximum Gasteiger partial charge on any atom is 0.305 e. The molecule has 1 aromatic rings. The van der Waals surface area contributed by atoms with Crippen LogP contribution in [0.5, 0.6) is 5.75 Å². The summed E-state index contributed by atoms with van der Waals surface area (Å²) in [5.41, 5.74) is 0. The Morgan fingerprint density at radius 2 is 2.14 bits per heavy atom. The van der Waals surface area contributed by atoms with Gasteiger partial charge in [-0.3, -0.25) is 14.5 Å². The van der Waals surface area contributed by atoms with Crippen LogP contribution in [0.25, 0.3) is 0 Å². The summed E-state index contributed by atoms with van der Waals surface area (Å²) < 4.78 is 5.60. The van der Waals surface area contributed by atoms with Crippen molar-refractivity contribution in [1.29, 1.82) is 0 Å². The van der Waals surface area contributed by atoms with E-state index in [0.717, 1.165) is 12.2 Å². The molecule has 6 heteroatoms. The number of carboxylic acid groups (broad SMARTS) is 1. The highest BCUT2D eigenvalue weighted by Crippen LogP contribution is 2.11. The highest BCUT2D eigenvalue weighted by atomic mass is 16.5. The Labute approximate surface area is 123 Å². The summed E-state index contributed by atoms with van der Waals surface area (Å²) in [6.07, 6.45) is 0.587. The summed E-state index contributed by atoms with van der Waals surface area (Å²) in [6, 6.07) is 8.95. The number of amides is 1. The number of hydrogen-bond donors (Lipinski definition) is 2. The number of hydrogen-bond acceptors (Lipinski definition) is 4. The van der Waals surface area contributed by atoms with E-state index in [4.69, 9.17) is 9.84 Å². The predicted molar refractivity (Wildman–Crippen MR) is 77.2 cm³/mol. The molecular weight excluding hydrogens is 272 g/mol. The minimum absolute atomic E-state index is 0.161. The lowest BCUT2D eigenvalue weighted by Crippen LogP contribution is -2.56. The monoisotopic (exact) mass is 292 g/mol. The second-order valence-corrected chi connectivity index (χ2v) is 4.96. The van der Waals surface area contributed by atoms with Gasteiger partial charge in [0.05, 0.1) is 19.1 Å². The van der Waals surface area contributed by atoms with Crippen molar-refractivity contribution in [3.63, 3.8) is 0 Å². The molecule has 1 atom stereocenters. The van der Waals surface area contributed by atoms with Gasteiger partial charge in [0.2, 0.25) is 5.91 Å². The molecule has 21 heavy (non-hydrogen) atoms. The van der Waals surface area contributed by atoms with Crippen LogP contribution in [0.3, 0.4) is 0 Å². The van der Waals surface area contributed by atoms with Gasteiger partial charge in [-0.1, -0.05) is 18.2 Å². The maximum absolute atomic E-state index is 11.7. The molecular formula is C15H20N2O4. The molecule has 1 aliphatic rings. The second-order valence-electron chi connectivity index (χ2n) is 4.96. The maximum atomic E-state index is 11.7. The highest BCUT2D eigenvalue weighted by molar-refractivity contribution is 5.86. The first-order chi connectivity index (χ1) is 10.2. The van der Waals surface area contributed by atoms with Crippen molar-refractivity contribution < 1.29 is 19.4 Å². The summed E-state index contributed by atoms with van der Waals surface area (Å²) in [5, 5.41) is 11.6. The SMILES string of the molecule is O=C(O)CC1C(=O)NCCN1CCCOc1ccccc1. The number of nitrogens with zero attached hydrogens (tertiary/aromatic N) is 1. The van der Waals surface area contributed by atoms with Crippen LogP contribution in [0.2, 0.25) is 0 Å². The molecule has 1 aromatic carbocycles. The molecule has 1 amide bonds. The zero-order chi connectivity index (χ0) is 15.1. The van der Waals surface area contributed by atoms with Gasteiger partial charge in [0.25, 0.3) is 0 Å². The van der Waals surface area contributed by atoms with E-state index in [0.29, 0.717) is 26.2 Å². The van der Waals surface area contributed by atoms with Crippen LogP contribution < -0.4 is 10.1 Å².